The molecule has 2 heterocycles. The number of hydrogen-bond acceptors (Lipinski definition) is 4. The van der Waals surface area contributed by atoms with Crippen molar-refractivity contribution in [2.75, 3.05) is 7.11 Å². The lowest BCUT2D eigenvalue weighted by Crippen LogP contribution is -2.32. The van der Waals surface area contributed by atoms with Gasteiger partial charge in [-0.2, -0.15) is 0 Å². The molecule has 158 valence electrons. The van der Waals surface area contributed by atoms with Gasteiger partial charge in [0.25, 0.3) is 5.56 Å². The van der Waals surface area contributed by atoms with Gasteiger partial charge >= 0.3 is 0 Å². The molecule has 0 saturated heterocycles. The zero-order valence-electron chi connectivity index (χ0n) is 17.8. The van der Waals surface area contributed by atoms with Crippen molar-refractivity contribution in [1.29, 1.82) is 0 Å². The molecule has 0 radical (unpaired) electrons. The SMILES string of the molecule is COc1ccc(CNC(=O)Cn2cnc3c(c(C)c(C)n3-c3ccccc3)c2=O)cc1. The normalized spacial score (nSPS) is 10.9. The van der Waals surface area contributed by atoms with E-state index in [1.165, 1.54) is 10.9 Å². The van der Waals surface area contributed by atoms with Crippen molar-refractivity contribution in [2.45, 2.75) is 26.9 Å². The van der Waals surface area contributed by atoms with Gasteiger partial charge in [0.15, 0.2) is 5.65 Å². The summed E-state index contributed by atoms with van der Waals surface area (Å²) >= 11 is 0. The smallest absolute Gasteiger partial charge is 0.263 e. The molecule has 31 heavy (non-hydrogen) atoms. The zero-order valence-corrected chi connectivity index (χ0v) is 17.8. The molecule has 0 aliphatic rings. The van der Waals surface area contributed by atoms with E-state index in [0.717, 1.165) is 28.3 Å². The molecule has 0 fully saturated rings. The number of nitrogens with one attached hydrogen (secondary N) is 1. The van der Waals surface area contributed by atoms with Crippen molar-refractivity contribution in [1.82, 2.24) is 19.4 Å². The van der Waals surface area contributed by atoms with Gasteiger partial charge in [0.05, 0.1) is 12.5 Å². The third kappa shape index (κ3) is 3.94. The van der Waals surface area contributed by atoms with Crippen LogP contribution in [0.25, 0.3) is 16.7 Å². The van der Waals surface area contributed by atoms with Gasteiger partial charge in [-0.05, 0) is 49.2 Å². The monoisotopic (exact) mass is 416 g/mol. The first-order valence-electron chi connectivity index (χ1n) is 10.0. The van der Waals surface area contributed by atoms with Crippen LogP contribution in [0.3, 0.4) is 0 Å². The van der Waals surface area contributed by atoms with Gasteiger partial charge in [-0.15, -0.1) is 0 Å². The molecule has 4 aromatic rings. The van der Waals surface area contributed by atoms with Crippen LogP contribution < -0.4 is 15.6 Å². The van der Waals surface area contributed by atoms with Crippen molar-refractivity contribution >= 4 is 16.9 Å². The number of aryl methyl sites for hydroxylation is 1. The molecule has 7 nitrogen and oxygen atoms in total. The number of methoxy groups -OCH3 is 1. The molecule has 1 amide bonds. The number of aromatic nitrogens is 3. The molecular formula is C24H24N4O3. The molecular weight excluding hydrogens is 392 g/mol. The molecule has 0 aliphatic carbocycles. The molecule has 2 aromatic heterocycles. The highest BCUT2D eigenvalue weighted by atomic mass is 16.5. The van der Waals surface area contributed by atoms with E-state index >= 15 is 0 Å². The van der Waals surface area contributed by atoms with Crippen LogP contribution in [-0.4, -0.2) is 27.1 Å². The summed E-state index contributed by atoms with van der Waals surface area (Å²) in [6.45, 7) is 4.16. The van der Waals surface area contributed by atoms with Gasteiger partial charge in [-0.1, -0.05) is 30.3 Å². The van der Waals surface area contributed by atoms with Gasteiger partial charge in [0.1, 0.15) is 18.6 Å². The highest BCUT2D eigenvalue weighted by Gasteiger charge is 2.18. The highest BCUT2D eigenvalue weighted by Crippen LogP contribution is 2.24. The van der Waals surface area contributed by atoms with E-state index in [4.69, 9.17) is 4.74 Å². The Bertz CT molecular complexity index is 1290. The number of fused-ring (bicyclic) bond motifs is 1. The van der Waals surface area contributed by atoms with E-state index in [2.05, 4.69) is 10.3 Å². The standard InChI is InChI=1S/C24H24N4O3/c1-16-17(2)28(19-7-5-4-6-8-19)23-22(16)24(30)27(15-26-23)14-21(29)25-13-18-9-11-20(31-3)12-10-18/h4-12,15H,13-14H2,1-3H3,(H,25,29). The number of amides is 1. The summed E-state index contributed by atoms with van der Waals surface area (Å²) in [5, 5.41) is 3.38. The molecule has 2 aromatic carbocycles. The Kier molecular flexibility index (Phi) is 5.58. The minimum absolute atomic E-state index is 0.0903. The van der Waals surface area contributed by atoms with Crippen molar-refractivity contribution in [2.24, 2.45) is 0 Å². The number of benzene rings is 2. The van der Waals surface area contributed by atoms with Crippen LogP contribution >= 0.6 is 0 Å². The Labute approximate surface area is 179 Å². The fraction of sp³-hybridized carbons (Fsp3) is 0.208. The molecule has 0 atom stereocenters. The van der Waals surface area contributed by atoms with Crippen molar-refractivity contribution < 1.29 is 9.53 Å². The van der Waals surface area contributed by atoms with Crippen LogP contribution in [0, 0.1) is 13.8 Å². The Morgan fingerprint density at radius 1 is 1.06 bits per heavy atom. The van der Waals surface area contributed by atoms with Crippen LogP contribution in [-0.2, 0) is 17.9 Å². The number of para-hydroxylation sites is 1. The maximum Gasteiger partial charge on any atom is 0.263 e. The largest absolute Gasteiger partial charge is 0.497 e. The average Bonchev–Trinajstić information content (AvgIpc) is 3.05. The molecule has 0 aliphatic heterocycles. The molecule has 0 spiro atoms. The van der Waals surface area contributed by atoms with Crippen LogP contribution in [0.2, 0.25) is 0 Å². The van der Waals surface area contributed by atoms with Crippen LogP contribution in [0.15, 0.2) is 65.7 Å². The minimum Gasteiger partial charge on any atom is -0.497 e. The Morgan fingerprint density at radius 2 is 1.77 bits per heavy atom. The first-order chi connectivity index (χ1) is 15.0. The minimum atomic E-state index is -0.254. The summed E-state index contributed by atoms with van der Waals surface area (Å²) < 4.78 is 8.46. The summed E-state index contributed by atoms with van der Waals surface area (Å²) in [5.41, 5.74) is 4.08. The van der Waals surface area contributed by atoms with Gasteiger partial charge < -0.3 is 10.1 Å². The quantitative estimate of drug-likeness (QED) is 0.524. The number of hydrogen-bond donors (Lipinski definition) is 1. The number of nitrogens with zero attached hydrogens (tertiary/aromatic N) is 3. The van der Waals surface area contributed by atoms with Crippen molar-refractivity contribution in [3.63, 3.8) is 0 Å². The average molecular weight is 416 g/mol. The molecule has 1 N–H and O–H groups in total. The number of carbonyl (C=O) groups is 1. The van der Waals surface area contributed by atoms with E-state index < -0.39 is 0 Å². The lowest BCUT2D eigenvalue weighted by atomic mass is 10.2. The van der Waals surface area contributed by atoms with Gasteiger partial charge in [-0.25, -0.2) is 4.98 Å². The van der Waals surface area contributed by atoms with E-state index in [-0.39, 0.29) is 18.0 Å². The lowest BCUT2D eigenvalue weighted by molar-refractivity contribution is -0.121. The fourth-order valence-corrected chi connectivity index (χ4v) is 3.65. The molecule has 4 rings (SSSR count). The topological polar surface area (TPSA) is 78.2 Å². The summed E-state index contributed by atoms with van der Waals surface area (Å²) in [6.07, 6.45) is 1.44. The second kappa shape index (κ2) is 8.47. The predicted octanol–water partition coefficient (Wildman–Crippen LogP) is 3.13. The second-order valence-corrected chi connectivity index (χ2v) is 7.38. The van der Waals surface area contributed by atoms with Crippen LogP contribution in [0.5, 0.6) is 5.75 Å². The summed E-state index contributed by atoms with van der Waals surface area (Å²) in [4.78, 5) is 30.1. The maximum atomic E-state index is 13.1. The summed E-state index contributed by atoms with van der Waals surface area (Å²) in [5.74, 6) is 0.505. The third-order valence-corrected chi connectivity index (χ3v) is 5.46. The van der Waals surface area contributed by atoms with Crippen molar-refractivity contribution in [3.05, 3.63) is 88.1 Å². The van der Waals surface area contributed by atoms with E-state index in [1.807, 2.05) is 73.0 Å². The van der Waals surface area contributed by atoms with Gasteiger partial charge in [-0.3, -0.25) is 18.7 Å². The highest BCUT2D eigenvalue weighted by molar-refractivity contribution is 5.83. The molecule has 0 bridgehead atoms. The predicted molar refractivity (Wildman–Crippen MR) is 120 cm³/mol. The first kappa shape index (κ1) is 20.4. The second-order valence-electron chi connectivity index (χ2n) is 7.38. The summed E-state index contributed by atoms with van der Waals surface area (Å²) in [6, 6.07) is 17.3. The number of rotatable bonds is 6. The first-order valence-corrected chi connectivity index (χ1v) is 10.0. The van der Waals surface area contributed by atoms with Crippen molar-refractivity contribution in [3.8, 4) is 11.4 Å². The van der Waals surface area contributed by atoms with E-state index in [9.17, 15) is 9.59 Å². The van der Waals surface area contributed by atoms with Gasteiger partial charge in [0.2, 0.25) is 5.91 Å². The van der Waals surface area contributed by atoms with Gasteiger partial charge in [0, 0.05) is 17.9 Å². The zero-order chi connectivity index (χ0) is 22.0. The lowest BCUT2D eigenvalue weighted by Gasteiger charge is -2.09. The maximum absolute atomic E-state index is 13.1. The van der Waals surface area contributed by atoms with E-state index in [0.29, 0.717) is 17.6 Å². The van der Waals surface area contributed by atoms with Crippen LogP contribution in [0.1, 0.15) is 16.8 Å². The number of ether oxygens (including phenoxy) is 1. The Balaban J connectivity index is 1.57. The number of carbonyl (C=O) groups excluding carboxylic acids is 1. The fourth-order valence-electron chi connectivity index (χ4n) is 3.65. The third-order valence-electron chi connectivity index (χ3n) is 5.46. The molecule has 0 saturated carbocycles. The van der Waals surface area contributed by atoms with Crippen LogP contribution in [0.4, 0.5) is 0 Å². The molecule has 0 unspecified atom stereocenters. The Hall–Kier alpha value is -3.87. The van der Waals surface area contributed by atoms with E-state index in [1.54, 1.807) is 7.11 Å². The summed E-state index contributed by atoms with van der Waals surface area (Å²) in [7, 11) is 1.61. The Morgan fingerprint density at radius 3 is 2.45 bits per heavy atom. The molecule has 7 heteroatoms.